The van der Waals surface area contributed by atoms with E-state index in [1.807, 2.05) is 13.0 Å². The number of nitrogens with one attached hydrogen (secondary N) is 2. The molecule has 2 aromatic carbocycles. The molecule has 0 radical (unpaired) electrons. The van der Waals surface area contributed by atoms with Gasteiger partial charge in [0, 0.05) is 17.6 Å². The Labute approximate surface area is 156 Å². The average molecular weight is 365 g/mol. The molecule has 7 heteroatoms. The lowest BCUT2D eigenvalue weighted by Crippen LogP contribution is -2.14. The summed E-state index contributed by atoms with van der Waals surface area (Å²) in [4.78, 5) is 22.9. The number of carbonyl (C=O) groups is 2. The number of anilines is 2. The van der Waals surface area contributed by atoms with Crippen molar-refractivity contribution in [2.24, 2.45) is 0 Å². The minimum Gasteiger partial charge on any atom is -0.494 e. The molecule has 0 fully saturated rings. The normalized spacial score (nSPS) is 10.6. The van der Waals surface area contributed by atoms with Crippen LogP contribution >= 0.6 is 0 Å². The number of nitrogens with zero attached hydrogens (tertiary/aromatic N) is 1. The van der Waals surface area contributed by atoms with Crippen molar-refractivity contribution in [3.8, 4) is 11.8 Å². The molecular weight excluding hydrogens is 346 g/mol. The molecule has 0 unspecified atom stereocenters. The number of hydrogen-bond donors (Lipinski definition) is 3. The first-order valence-corrected chi connectivity index (χ1v) is 8.23. The third kappa shape index (κ3) is 6.21. The summed E-state index contributed by atoms with van der Waals surface area (Å²) >= 11 is 0. The fraction of sp³-hybridized carbons (Fsp3) is 0.150. The number of benzene rings is 2. The van der Waals surface area contributed by atoms with E-state index in [0.29, 0.717) is 29.3 Å². The van der Waals surface area contributed by atoms with Gasteiger partial charge in [0.2, 0.25) is 0 Å². The highest BCUT2D eigenvalue weighted by atomic mass is 16.5. The minimum atomic E-state index is -0.909. The largest absolute Gasteiger partial charge is 0.494 e. The van der Waals surface area contributed by atoms with Gasteiger partial charge in [-0.15, -0.1) is 0 Å². The smallest absolute Gasteiger partial charge is 0.307 e. The van der Waals surface area contributed by atoms with Crippen molar-refractivity contribution in [2.75, 3.05) is 17.2 Å². The zero-order valence-corrected chi connectivity index (χ0v) is 14.7. The van der Waals surface area contributed by atoms with Gasteiger partial charge in [0.1, 0.15) is 17.4 Å². The number of nitriles is 1. The van der Waals surface area contributed by atoms with E-state index in [9.17, 15) is 14.9 Å². The molecule has 27 heavy (non-hydrogen) atoms. The molecule has 0 atom stereocenters. The van der Waals surface area contributed by atoms with Gasteiger partial charge in [-0.05, 0) is 48.9 Å². The first kappa shape index (κ1) is 19.5. The Balaban J connectivity index is 1.99. The second kappa shape index (κ2) is 9.63. The van der Waals surface area contributed by atoms with Crippen molar-refractivity contribution in [3.63, 3.8) is 0 Å². The SMILES string of the molecule is CCOc1ccc(NC(=O)/C(C#N)=C\Nc2ccc(CC(=O)O)cc2)cc1. The van der Waals surface area contributed by atoms with Gasteiger partial charge in [-0.2, -0.15) is 5.26 Å². The fourth-order valence-corrected chi connectivity index (χ4v) is 2.20. The number of amides is 1. The van der Waals surface area contributed by atoms with Crippen LogP contribution in [0.5, 0.6) is 5.75 Å². The predicted molar refractivity (Wildman–Crippen MR) is 101 cm³/mol. The Bertz CT molecular complexity index is 866. The fourth-order valence-electron chi connectivity index (χ4n) is 2.20. The van der Waals surface area contributed by atoms with E-state index >= 15 is 0 Å². The molecule has 0 saturated carbocycles. The van der Waals surface area contributed by atoms with Crippen LogP contribution in [0, 0.1) is 11.3 Å². The van der Waals surface area contributed by atoms with Gasteiger partial charge in [0.25, 0.3) is 5.91 Å². The Morgan fingerprint density at radius 3 is 2.30 bits per heavy atom. The molecule has 0 aromatic heterocycles. The predicted octanol–water partition coefficient (Wildman–Crippen LogP) is 3.17. The summed E-state index contributed by atoms with van der Waals surface area (Å²) in [6, 6.07) is 15.4. The van der Waals surface area contributed by atoms with Crippen LogP contribution in [0.3, 0.4) is 0 Å². The van der Waals surface area contributed by atoms with Gasteiger partial charge >= 0.3 is 5.97 Å². The monoisotopic (exact) mass is 365 g/mol. The highest BCUT2D eigenvalue weighted by molar-refractivity contribution is 6.06. The van der Waals surface area contributed by atoms with E-state index in [4.69, 9.17) is 9.84 Å². The third-order valence-electron chi connectivity index (χ3n) is 3.48. The van der Waals surface area contributed by atoms with Gasteiger partial charge in [-0.25, -0.2) is 0 Å². The maximum Gasteiger partial charge on any atom is 0.307 e. The number of carboxylic acid groups (broad SMARTS) is 1. The molecule has 0 heterocycles. The van der Waals surface area contributed by atoms with Crippen LogP contribution < -0.4 is 15.4 Å². The molecule has 1 amide bonds. The van der Waals surface area contributed by atoms with Crippen LogP contribution in [0.2, 0.25) is 0 Å². The van der Waals surface area contributed by atoms with Crippen LogP contribution in [0.1, 0.15) is 12.5 Å². The van der Waals surface area contributed by atoms with Crippen LogP contribution in [0.4, 0.5) is 11.4 Å². The molecule has 3 N–H and O–H groups in total. The Morgan fingerprint density at radius 1 is 1.11 bits per heavy atom. The van der Waals surface area contributed by atoms with Crippen molar-refractivity contribution in [1.82, 2.24) is 0 Å². The highest BCUT2D eigenvalue weighted by Gasteiger charge is 2.09. The topological polar surface area (TPSA) is 111 Å². The van der Waals surface area contributed by atoms with Crippen molar-refractivity contribution in [3.05, 3.63) is 65.9 Å². The molecule has 0 spiro atoms. The van der Waals surface area contributed by atoms with Crippen molar-refractivity contribution in [2.45, 2.75) is 13.3 Å². The summed E-state index contributed by atoms with van der Waals surface area (Å²) in [5.41, 5.74) is 1.73. The molecule has 0 aliphatic carbocycles. The van der Waals surface area contributed by atoms with Crippen molar-refractivity contribution >= 4 is 23.3 Å². The molecule has 138 valence electrons. The molecule has 2 rings (SSSR count). The van der Waals surface area contributed by atoms with Crippen molar-refractivity contribution in [1.29, 1.82) is 5.26 Å². The number of ether oxygens (including phenoxy) is 1. The number of carboxylic acids is 1. The third-order valence-corrected chi connectivity index (χ3v) is 3.48. The van der Waals surface area contributed by atoms with Gasteiger partial charge in [0.15, 0.2) is 0 Å². The summed E-state index contributed by atoms with van der Waals surface area (Å²) in [6.45, 7) is 2.43. The molecule has 0 aliphatic heterocycles. The zero-order chi connectivity index (χ0) is 19.6. The summed E-state index contributed by atoms with van der Waals surface area (Å²) < 4.78 is 5.33. The summed E-state index contributed by atoms with van der Waals surface area (Å²) in [5, 5.41) is 23.5. The van der Waals surface area contributed by atoms with Gasteiger partial charge in [0.05, 0.1) is 13.0 Å². The van der Waals surface area contributed by atoms with Gasteiger partial charge < -0.3 is 20.5 Å². The lowest BCUT2D eigenvalue weighted by atomic mass is 10.1. The van der Waals surface area contributed by atoms with Crippen LogP contribution in [-0.2, 0) is 16.0 Å². The lowest BCUT2D eigenvalue weighted by Gasteiger charge is -2.07. The van der Waals surface area contributed by atoms with Crippen LogP contribution in [0.25, 0.3) is 0 Å². The second-order valence-corrected chi connectivity index (χ2v) is 5.49. The molecule has 0 aliphatic rings. The van der Waals surface area contributed by atoms with E-state index in [-0.39, 0.29) is 12.0 Å². The summed E-state index contributed by atoms with van der Waals surface area (Å²) in [5.74, 6) is -0.760. The molecular formula is C20H19N3O4. The van der Waals surface area contributed by atoms with Crippen LogP contribution in [-0.4, -0.2) is 23.6 Å². The molecule has 0 saturated heterocycles. The number of hydrogen-bond acceptors (Lipinski definition) is 5. The lowest BCUT2D eigenvalue weighted by molar-refractivity contribution is -0.136. The first-order chi connectivity index (χ1) is 13.0. The Kier molecular flexibility index (Phi) is 6.97. The quantitative estimate of drug-likeness (QED) is 0.489. The average Bonchev–Trinajstić information content (AvgIpc) is 2.65. The van der Waals surface area contributed by atoms with Gasteiger partial charge in [-0.1, -0.05) is 12.1 Å². The van der Waals surface area contributed by atoms with E-state index in [2.05, 4.69) is 10.6 Å². The van der Waals surface area contributed by atoms with E-state index in [0.717, 1.165) is 0 Å². The molecule has 0 bridgehead atoms. The Morgan fingerprint density at radius 2 is 1.74 bits per heavy atom. The summed E-state index contributed by atoms with van der Waals surface area (Å²) in [7, 11) is 0. The number of aliphatic carboxylic acids is 1. The Hall–Kier alpha value is -3.79. The minimum absolute atomic E-state index is 0.0654. The molecule has 2 aromatic rings. The van der Waals surface area contributed by atoms with Crippen molar-refractivity contribution < 1.29 is 19.4 Å². The standard InChI is InChI=1S/C20H19N3O4/c1-2-27-18-9-7-17(8-10-18)23-20(26)15(12-21)13-22-16-5-3-14(4-6-16)11-19(24)25/h3-10,13,22H,2,11H2,1H3,(H,23,26)(H,24,25)/b15-13-. The van der Waals surface area contributed by atoms with Crippen LogP contribution in [0.15, 0.2) is 60.3 Å². The zero-order valence-electron chi connectivity index (χ0n) is 14.7. The highest BCUT2D eigenvalue weighted by Crippen LogP contribution is 2.16. The maximum atomic E-state index is 12.2. The summed E-state index contributed by atoms with van der Waals surface area (Å²) in [6.07, 6.45) is 1.24. The number of rotatable bonds is 8. The van der Waals surface area contributed by atoms with Gasteiger partial charge in [-0.3, -0.25) is 9.59 Å². The first-order valence-electron chi connectivity index (χ1n) is 8.23. The maximum absolute atomic E-state index is 12.2. The van der Waals surface area contributed by atoms with E-state index < -0.39 is 11.9 Å². The number of carbonyl (C=O) groups excluding carboxylic acids is 1. The van der Waals surface area contributed by atoms with E-state index in [1.54, 1.807) is 48.5 Å². The second-order valence-electron chi connectivity index (χ2n) is 5.49. The van der Waals surface area contributed by atoms with E-state index in [1.165, 1.54) is 6.20 Å². The molecule has 7 nitrogen and oxygen atoms in total.